The average molecular weight is 376 g/mol. The van der Waals surface area contributed by atoms with Crippen molar-refractivity contribution in [2.24, 2.45) is 0 Å². The van der Waals surface area contributed by atoms with Crippen LogP contribution < -0.4 is 0 Å². The van der Waals surface area contributed by atoms with Gasteiger partial charge < -0.3 is 9.42 Å². The summed E-state index contributed by atoms with van der Waals surface area (Å²) in [7, 11) is 1.76. The van der Waals surface area contributed by atoms with Gasteiger partial charge in [0.15, 0.2) is 5.82 Å². The van der Waals surface area contributed by atoms with E-state index in [2.05, 4.69) is 12.1 Å². The highest BCUT2D eigenvalue weighted by Gasteiger charge is 2.17. The zero-order valence-corrected chi connectivity index (χ0v) is 16.5. The third-order valence-corrected chi connectivity index (χ3v) is 5.20. The summed E-state index contributed by atoms with van der Waals surface area (Å²) in [6, 6.07) is 9.35. The number of aryl methyl sites for hydroxylation is 3. The smallest absolute Gasteiger partial charge is 0.253 e. The van der Waals surface area contributed by atoms with Crippen LogP contribution in [-0.2, 0) is 19.4 Å². The molecule has 6 heteroatoms. The van der Waals surface area contributed by atoms with Crippen LogP contribution in [0.1, 0.15) is 51.6 Å². The topological polar surface area (TPSA) is 72.1 Å². The molecule has 4 rings (SSSR count). The van der Waals surface area contributed by atoms with E-state index in [0.717, 1.165) is 41.4 Å². The van der Waals surface area contributed by atoms with Crippen molar-refractivity contribution in [3.63, 3.8) is 0 Å². The third-order valence-electron chi connectivity index (χ3n) is 5.20. The van der Waals surface area contributed by atoms with Crippen LogP contribution in [0.3, 0.4) is 0 Å². The van der Waals surface area contributed by atoms with E-state index in [0.29, 0.717) is 12.1 Å². The average Bonchev–Trinajstić information content (AvgIpc) is 3.12. The Morgan fingerprint density at radius 2 is 1.86 bits per heavy atom. The van der Waals surface area contributed by atoms with E-state index in [-0.39, 0.29) is 5.91 Å². The largest absolute Gasteiger partial charge is 0.361 e. The minimum absolute atomic E-state index is 0.0604. The molecule has 0 bridgehead atoms. The highest BCUT2D eigenvalue weighted by Crippen LogP contribution is 2.25. The van der Waals surface area contributed by atoms with Gasteiger partial charge in [0.1, 0.15) is 11.5 Å². The molecule has 0 fully saturated rings. The number of hydrogen-bond donors (Lipinski definition) is 0. The van der Waals surface area contributed by atoms with Gasteiger partial charge in [-0.15, -0.1) is 0 Å². The van der Waals surface area contributed by atoms with E-state index in [4.69, 9.17) is 14.5 Å². The number of hydrogen-bond acceptors (Lipinski definition) is 5. The minimum atomic E-state index is -0.0604. The molecule has 3 aromatic rings. The molecule has 1 aliphatic carbocycles. The van der Waals surface area contributed by atoms with Crippen molar-refractivity contribution in [1.82, 2.24) is 20.0 Å². The van der Waals surface area contributed by atoms with Crippen LogP contribution in [0.4, 0.5) is 0 Å². The number of carbonyl (C=O) groups is 1. The van der Waals surface area contributed by atoms with Gasteiger partial charge in [0.2, 0.25) is 0 Å². The van der Waals surface area contributed by atoms with Gasteiger partial charge in [0, 0.05) is 35.6 Å². The lowest BCUT2D eigenvalue weighted by atomic mass is 9.95. The van der Waals surface area contributed by atoms with Crippen LogP contribution in [0.25, 0.3) is 11.4 Å². The van der Waals surface area contributed by atoms with E-state index >= 15 is 0 Å². The van der Waals surface area contributed by atoms with Crippen LogP contribution in [0.2, 0.25) is 0 Å². The molecule has 28 heavy (non-hydrogen) atoms. The Morgan fingerprint density at radius 1 is 1.11 bits per heavy atom. The molecule has 0 N–H and O–H groups in total. The Balaban J connectivity index is 1.52. The zero-order valence-electron chi connectivity index (χ0n) is 16.5. The molecule has 0 atom stereocenters. The molecule has 0 saturated heterocycles. The number of rotatable bonds is 4. The number of aromatic nitrogens is 3. The molecule has 0 unspecified atom stereocenters. The molecule has 1 aliphatic rings. The van der Waals surface area contributed by atoms with E-state index < -0.39 is 0 Å². The Morgan fingerprint density at radius 3 is 2.57 bits per heavy atom. The van der Waals surface area contributed by atoms with Crippen molar-refractivity contribution >= 4 is 5.91 Å². The SMILES string of the molecule is Cc1cc(CN(C)C(=O)c2ccc(-c3nc(C)c4c(n3)CCCC4)cc2)no1. The molecule has 2 aromatic heterocycles. The monoisotopic (exact) mass is 376 g/mol. The Labute approximate surface area is 164 Å². The first kappa shape index (κ1) is 18.3. The molecule has 1 amide bonds. The minimum Gasteiger partial charge on any atom is -0.361 e. The highest BCUT2D eigenvalue weighted by atomic mass is 16.5. The highest BCUT2D eigenvalue weighted by molar-refractivity contribution is 5.94. The number of benzene rings is 1. The van der Waals surface area contributed by atoms with Gasteiger partial charge >= 0.3 is 0 Å². The molecule has 0 saturated carbocycles. The second kappa shape index (κ2) is 7.54. The van der Waals surface area contributed by atoms with Gasteiger partial charge in [-0.25, -0.2) is 9.97 Å². The molecule has 1 aromatic carbocycles. The molecule has 0 spiro atoms. The summed E-state index contributed by atoms with van der Waals surface area (Å²) >= 11 is 0. The fourth-order valence-corrected chi connectivity index (χ4v) is 3.70. The summed E-state index contributed by atoms with van der Waals surface area (Å²) in [6.07, 6.45) is 4.50. The van der Waals surface area contributed by atoms with Gasteiger partial charge in [-0.1, -0.05) is 17.3 Å². The predicted octanol–water partition coefficient (Wildman–Crippen LogP) is 3.90. The fraction of sp³-hybridized carbons (Fsp3) is 0.364. The molecular formula is C22H24N4O2. The first-order valence-electron chi connectivity index (χ1n) is 9.66. The number of fused-ring (bicyclic) bond motifs is 1. The van der Waals surface area contributed by atoms with E-state index in [1.165, 1.54) is 24.1 Å². The first-order valence-corrected chi connectivity index (χ1v) is 9.66. The summed E-state index contributed by atoms with van der Waals surface area (Å²) in [6.45, 7) is 4.31. The van der Waals surface area contributed by atoms with E-state index in [9.17, 15) is 4.79 Å². The lowest BCUT2D eigenvalue weighted by Crippen LogP contribution is -2.26. The van der Waals surface area contributed by atoms with Crippen molar-refractivity contribution in [3.05, 3.63) is 64.3 Å². The molecule has 2 heterocycles. The maximum absolute atomic E-state index is 12.7. The van der Waals surface area contributed by atoms with Crippen LogP contribution in [0, 0.1) is 13.8 Å². The molecule has 0 aliphatic heterocycles. The maximum atomic E-state index is 12.7. The summed E-state index contributed by atoms with van der Waals surface area (Å²) < 4.78 is 5.06. The van der Waals surface area contributed by atoms with Crippen LogP contribution in [0.5, 0.6) is 0 Å². The molecule has 144 valence electrons. The summed E-state index contributed by atoms with van der Waals surface area (Å²) in [5.74, 6) is 1.42. The van der Waals surface area contributed by atoms with Crippen LogP contribution >= 0.6 is 0 Å². The van der Waals surface area contributed by atoms with Gasteiger partial charge in [-0.05, 0) is 57.2 Å². The van der Waals surface area contributed by atoms with E-state index in [1.807, 2.05) is 37.3 Å². The third kappa shape index (κ3) is 3.67. The summed E-state index contributed by atoms with van der Waals surface area (Å²) in [4.78, 5) is 23.8. The van der Waals surface area contributed by atoms with Crippen molar-refractivity contribution in [3.8, 4) is 11.4 Å². The van der Waals surface area contributed by atoms with Crippen molar-refractivity contribution in [2.45, 2.75) is 46.1 Å². The number of nitrogens with zero attached hydrogens (tertiary/aromatic N) is 4. The zero-order chi connectivity index (χ0) is 19.7. The molecule has 6 nitrogen and oxygen atoms in total. The van der Waals surface area contributed by atoms with Crippen LogP contribution in [0.15, 0.2) is 34.9 Å². The maximum Gasteiger partial charge on any atom is 0.253 e. The van der Waals surface area contributed by atoms with Gasteiger partial charge in [0.25, 0.3) is 5.91 Å². The molecule has 0 radical (unpaired) electrons. The Hall–Kier alpha value is -3.02. The lowest BCUT2D eigenvalue weighted by Gasteiger charge is -2.18. The van der Waals surface area contributed by atoms with Crippen LogP contribution in [-0.4, -0.2) is 33.0 Å². The van der Waals surface area contributed by atoms with Crippen molar-refractivity contribution < 1.29 is 9.32 Å². The number of amides is 1. The number of carbonyl (C=O) groups excluding carboxylic acids is 1. The summed E-state index contributed by atoms with van der Waals surface area (Å²) in [5.41, 5.74) is 5.86. The lowest BCUT2D eigenvalue weighted by molar-refractivity contribution is 0.0782. The van der Waals surface area contributed by atoms with Crippen molar-refractivity contribution in [1.29, 1.82) is 0 Å². The van der Waals surface area contributed by atoms with Gasteiger partial charge in [0.05, 0.1) is 6.54 Å². The fourth-order valence-electron chi connectivity index (χ4n) is 3.70. The standard InChI is InChI=1S/C22H24N4O2/c1-14-12-18(25-28-14)13-26(3)22(27)17-10-8-16(9-11-17)21-23-15(2)19-6-4-5-7-20(19)24-21/h8-12H,4-7,13H2,1-3H3. The normalized spacial score (nSPS) is 13.2. The van der Waals surface area contributed by atoms with Crippen molar-refractivity contribution in [2.75, 3.05) is 7.05 Å². The van der Waals surface area contributed by atoms with Gasteiger partial charge in [-0.2, -0.15) is 0 Å². The predicted molar refractivity (Wildman–Crippen MR) is 106 cm³/mol. The Bertz CT molecular complexity index is 1010. The second-order valence-corrected chi connectivity index (χ2v) is 7.43. The molecular weight excluding hydrogens is 352 g/mol. The quantitative estimate of drug-likeness (QED) is 0.690. The second-order valence-electron chi connectivity index (χ2n) is 7.43. The first-order chi connectivity index (χ1) is 13.5. The van der Waals surface area contributed by atoms with Gasteiger partial charge in [-0.3, -0.25) is 4.79 Å². The van der Waals surface area contributed by atoms with E-state index in [1.54, 1.807) is 11.9 Å². The summed E-state index contributed by atoms with van der Waals surface area (Å²) in [5, 5.41) is 3.94. The Kier molecular flexibility index (Phi) is 4.94.